The van der Waals surface area contributed by atoms with E-state index in [0.29, 0.717) is 32.5 Å². The van der Waals surface area contributed by atoms with Crippen molar-refractivity contribution in [1.82, 2.24) is 10.2 Å². The molecule has 6 aromatic carbocycles. The molecule has 4 aliphatic heterocycles. The van der Waals surface area contributed by atoms with E-state index in [4.69, 9.17) is 26.4 Å². The molecular weight excluding hydrogens is 873 g/mol. The van der Waals surface area contributed by atoms with Crippen LogP contribution in [0.5, 0.6) is 11.5 Å². The Hall–Kier alpha value is -5.74. The smallest absolute Gasteiger partial charge is 0.232 e. The van der Waals surface area contributed by atoms with Crippen LogP contribution in [0.15, 0.2) is 158 Å². The first-order chi connectivity index (χ1) is 33.2. The number of likely N-dealkylation sites (tertiary alicyclic amines) is 1. The maximum atomic E-state index is 13.3. The van der Waals surface area contributed by atoms with Crippen LogP contribution in [0.25, 0.3) is 0 Å². The number of rotatable bonds is 13. The van der Waals surface area contributed by atoms with Crippen LogP contribution < -0.4 is 26.3 Å². The summed E-state index contributed by atoms with van der Waals surface area (Å²) in [5.74, 6) is 1.23. The third kappa shape index (κ3) is 9.93. The van der Waals surface area contributed by atoms with Gasteiger partial charge in [0, 0.05) is 36.6 Å². The minimum Gasteiger partial charge on any atom is -0.493 e. The number of hydrogen-bond acceptors (Lipinski definition) is 6. The number of nitrogens with two attached hydrogens (primary N) is 2. The Morgan fingerprint density at radius 2 is 1.08 bits per heavy atom. The first-order valence-electron chi connectivity index (χ1n) is 24.7. The highest BCUT2D eigenvalue weighted by Crippen LogP contribution is 2.44. The van der Waals surface area contributed by atoms with Crippen molar-refractivity contribution >= 4 is 27.7 Å². The van der Waals surface area contributed by atoms with Crippen LogP contribution in [0.1, 0.15) is 62.8 Å². The third-order valence-corrected chi connectivity index (χ3v) is 13.7. The number of carbonyl (C=O) groups excluding carboxylic acids is 2. The lowest BCUT2D eigenvalue weighted by Crippen LogP contribution is -2.49. The van der Waals surface area contributed by atoms with Crippen LogP contribution in [-0.2, 0) is 46.1 Å². The van der Waals surface area contributed by atoms with E-state index in [9.17, 15) is 9.59 Å². The highest BCUT2D eigenvalue weighted by molar-refractivity contribution is 9.09. The summed E-state index contributed by atoms with van der Waals surface area (Å²) in [6.45, 7) is 2.66. The molecule has 0 bridgehead atoms. The van der Waals surface area contributed by atoms with Crippen LogP contribution in [0, 0.1) is 11.8 Å². The van der Waals surface area contributed by atoms with Gasteiger partial charge in [-0.25, -0.2) is 0 Å². The number of fused-ring (bicyclic) bond motifs is 2. The second kappa shape index (κ2) is 21.5. The summed E-state index contributed by atoms with van der Waals surface area (Å²) in [6, 6.07) is 51.1. The van der Waals surface area contributed by atoms with E-state index in [1.807, 2.05) is 157 Å². The average molecular weight is 938 g/mol. The molecule has 0 unspecified atom stereocenters. The van der Waals surface area contributed by atoms with E-state index in [0.717, 1.165) is 89.4 Å². The van der Waals surface area contributed by atoms with Crippen molar-refractivity contribution in [2.75, 3.05) is 51.2 Å². The molecule has 0 saturated carbocycles. The van der Waals surface area contributed by atoms with Gasteiger partial charge in [-0.05, 0) is 114 Å². The largest absolute Gasteiger partial charge is 0.493 e. The maximum absolute atomic E-state index is 13.3. The standard InChI is InChI=1S/C28H30N2O2.C18H20N2O.C10H11BrO/c29-27(31)28(23-7-3-1-4-8-23,24-9-5-2-6-10-24)25-14-17-30(20-25)16-13-21-11-12-26-22(19-21)15-18-32-26;19-17(21)18(16-11-12-20-13-16,14-7-3-1-4-8-14)15-9-5-2-6-10-15;11-5-3-8-1-2-10-9(7-8)4-6-12-10/h1-12,19,25H,13-18,20H2,(H2,29,31);1-10,16,20H,11-13H2,(H2,19,21);1-2,7H,3-6H2/t25-;16-;/m11./s1/i16D2;;5D2. The summed E-state index contributed by atoms with van der Waals surface area (Å²) in [7, 11) is 0. The Morgan fingerprint density at radius 1 is 0.631 bits per heavy atom. The Morgan fingerprint density at radius 3 is 1.49 bits per heavy atom. The van der Waals surface area contributed by atoms with Gasteiger partial charge < -0.3 is 31.2 Å². The number of carbonyl (C=O) groups is 2. The fourth-order valence-electron chi connectivity index (χ4n) is 10.3. The molecule has 0 radical (unpaired) electrons. The number of ether oxygens (including phenoxy) is 2. The number of hydrogen-bond donors (Lipinski definition) is 3. The predicted octanol–water partition coefficient (Wildman–Crippen LogP) is 8.58. The zero-order valence-corrected chi connectivity index (χ0v) is 38.3. The van der Waals surface area contributed by atoms with Gasteiger partial charge in [0.25, 0.3) is 0 Å². The van der Waals surface area contributed by atoms with Crippen LogP contribution >= 0.6 is 15.9 Å². The molecule has 5 N–H and O–H groups in total. The van der Waals surface area contributed by atoms with Crippen LogP contribution in [-0.4, -0.2) is 67.9 Å². The summed E-state index contributed by atoms with van der Waals surface area (Å²) in [5, 5.41) is 2.05. The lowest BCUT2D eigenvalue weighted by atomic mass is 9.64. The molecular formula is C56H61BrN4O4. The summed E-state index contributed by atoms with van der Waals surface area (Å²) in [6.07, 6.45) is 4.12. The van der Waals surface area contributed by atoms with Crippen LogP contribution in [0.3, 0.4) is 0 Å². The fraction of sp³-hybridized carbons (Fsp3) is 0.321. The van der Waals surface area contributed by atoms with Gasteiger partial charge >= 0.3 is 0 Å². The van der Waals surface area contributed by atoms with Crippen molar-refractivity contribution < 1.29 is 24.5 Å². The lowest BCUT2D eigenvalue weighted by molar-refractivity contribution is -0.124. The summed E-state index contributed by atoms with van der Waals surface area (Å²) < 4.78 is 43.6. The van der Waals surface area contributed by atoms with Crippen molar-refractivity contribution in [3.63, 3.8) is 0 Å². The highest BCUT2D eigenvalue weighted by Gasteiger charge is 2.50. The fourth-order valence-corrected chi connectivity index (χ4v) is 10.6. The van der Waals surface area contributed by atoms with Gasteiger partial charge in [-0.15, -0.1) is 0 Å². The molecule has 8 nitrogen and oxygen atoms in total. The van der Waals surface area contributed by atoms with Crippen molar-refractivity contribution in [3.8, 4) is 11.5 Å². The monoisotopic (exact) mass is 936 g/mol. The van der Waals surface area contributed by atoms with Crippen molar-refractivity contribution in [2.24, 2.45) is 23.3 Å². The second-order valence-electron chi connectivity index (χ2n) is 17.2. The number of amides is 2. The van der Waals surface area contributed by atoms with Gasteiger partial charge in [0.15, 0.2) is 0 Å². The summed E-state index contributed by atoms with van der Waals surface area (Å²) in [4.78, 5) is 27.7. The molecule has 0 aromatic heterocycles. The first-order valence-corrected chi connectivity index (χ1v) is 23.5. The predicted molar refractivity (Wildman–Crippen MR) is 264 cm³/mol. The number of alkyl halides is 1. The van der Waals surface area contributed by atoms with Gasteiger partial charge in [-0.3, -0.25) is 9.59 Å². The average Bonchev–Trinajstić information content (AvgIpc) is 4.20. The van der Waals surface area contributed by atoms with E-state index in [2.05, 4.69) is 27.3 Å². The number of nitrogens with zero attached hydrogens (tertiary/aromatic N) is 1. The number of primary amides is 2. The molecule has 0 spiro atoms. The molecule has 0 aliphatic carbocycles. The first kappa shape index (κ1) is 40.7. The molecule has 2 atom stereocenters. The van der Waals surface area contributed by atoms with Crippen LogP contribution in [0.2, 0.25) is 0 Å². The molecule has 2 saturated heterocycles. The zero-order chi connectivity index (χ0) is 48.7. The minimum absolute atomic E-state index is 0.140. The normalized spacial score (nSPS) is 19.0. The Kier molecular flexibility index (Phi) is 13.5. The molecule has 10 rings (SSSR count). The summed E-state index contributed by atoms with van der Waals surface area (Å²) >= 11 is 3.00. The minimum atomic E-state index is -1.54. The van der Waals surface area contributed by atoms with E-state index >= 15 is 0 Å². The van der Waals surface area contributed by atoms with Crippen molar-refractivity contribution in [3.05, 3.63) is 202 Å². The molecule has 65 heavy (non-hydrogen) atoms. The Labute approximate surface area is 398 Å². The van der Waals surface area contributed by atoms with Crippen molar-refractivity contribution in [2.45, 2.75) is 49.4 Å². The molecule has 9 heteroatoms. The lowest BCUT2D eigenvalue weighted by Gasteiger charge is -2.37. The third-order valence-electron chi connectivity index (χ3n) is 13.5. The molecule has 2 fully saturated rings. The maximum Gasteiger partial charge on any atom is 0.232 e. The Balaban J connectivity index is 0.000000155. The van der Waals surface area contributed by atoms with Gasteiger partial charge in [-0.2, -0.15) is 0 Å². The second-order valence-corrected chi connectivity index (χ2v) is 17.7. The molecule has 336 valence electrons. The number of halogens is 1. The van der Waals surface area contributed by atoms with E-state index in [1.165, 1.54) is 5.56 Å². The van der Waals surface area contributed by atoms with Crippen molar-refractivity contribution in [1.29, 1.82) is 0 Å². The summed E-state index contributed by atoms with van der Waals surface area (Å²) in [5.41, 5.74) is 18.4. The van der Waals surface area contributed by atoms with Gasteiger partial charge in [0.05, 0.1) is 13.2 Å². The van der Waals surface area contributed by atoms with Gasteiger partial charge in [0.1, 0.15) is 22.3 Å². The molecule has 2 amide bonds. The number of aryl methyl sites for hydroxylation is 2. The molecule has 4 aliphatic rings. The number of benzene rings is 6. The Bertz CT molecular complexity index is 2590. The SMILES string of the molecule is NC(=O)C(c1ccccc1)(c1ccccc1)[C@@H]1CCNC1.[2H]C([2H])(Br)Cc1ccc2c(c1)CCO2.[2H]C([2H])(Cc1ccc2c(c1)CCO2)N1CC[C@@H](C(C(N)=O)(c2ccccc2)c2ccccc2)C1. The molecule has 6 aromatic rings. The zero-order valence-electron chi connectivity index (χ0n) is 40.8. The van der Waals surface area contributed by atoms with Crippen LogP contribution in [0.4, 0.5) is 0 Å². The quantitative estimate of drug-likeness (QED) is 0.1000. The molecule has 4 heterocycles. The van der Waals surface area contributed by atoms with E-state index < -0.39 is 28.5 Å². The van der Waals surface area contributed by atoms with E-state index in [-0.39, 0.29) is 24.2 Å². The number of nitrogens with one attached hydrogen (secondary N) is 1. The van der Waals surface area contributed by atoms with Gasteiger partial charge in [-0.1, -0.05) is 162 Å². The highest BCUT2D eigenvalue weighted by atomic mass is 79.9. The van der Waals surface area contributed by atoms with E-state index in [1.54, 1.807) is 0 Å². The topological polar surface area (TPSA) is 120 Å². The van der Waals surface area contributed by atoms with Gasteiger partial charge in [0.2, 0.25) is 11.8 Å².